The average molecular weight is 283 g/mol. The number of halogens is 1. The zero-order valence-corrected chi connectivity index (χ0v) is 12.3. The highest BCUT2D eigenvalue weighted by atomic mass is 35.5. The molecule has 0 aromatic heterocycles. The van der Waals surface area contributed by atoms with Gasteiger partial charge in [0, 0.05) is 32.2 Å². The molecule has 0 saturated carbocycles. The zero-order valence-electron chi connectivity index (χ0n) is 11.5. The van der Waals surface area contributed by atoms with Crippen molar-refractivity contribution < 1.29 is 4.74 Å². The summed E-state index contributed by atoms with van der Waals surface area (Å²) >= 11 is 0. The van der Waals surface area contributed by atoms with Gasteiger partial charge in [0.2, 0.25) is 0 Å². The van der Waals surface area contributed by atoms with E-state index < -0.39 is 0 Å². The average Bonchev–Trinajstić information content (AvgIpc) is 2.38. The number of hydrogen-bond donors (Lipinski definition) is 1. The quantitative estimate of drug-likeness (QED) is 0.840. The number of nitrogens with zero attached hydrogens (tertiary/aromatic N) is 1. The third-order valence-corrected chi connectivity index (χ3v) is 3.15. The van der Waals surface area contributed by atoms with Crippen molar-refractivity contribution in [2.45, 2.75) is 19.5 Å². The highest BCUT2D eigenvalue weighted by Gasteiger charge is 2.15. The summed E-state index contributed by atoms with van der Waals surface area (Å²) in [5, 5.41) is 3.46. The molecule has 1 aliphatic rings. The molecule has 1 saturated heterocycles. The summed E-state index contributed by atoms with van der Waals surface area (Å²) in [5.74, 6) is 0.910. The van der Waals surface area contributed by atoms with Crippen LogP contribution in [0.15, 0.2) is 36.9 Å². The van der Waals surface area contributed by atoms with Gasteiger partial charge in [0.25, 0.3) is 0 Å². The number of benzene rings is 1. The lowest BCUT2D eigenvalue weighted by Crippen LogP contribution is -2.48. The molecule has 1 aliphatic heterocycles. The molecule has 4 heteroatoms. The molecule has 1 aromatic carbocycles. The topological polar surface area (TPSA) is 24.5 Å². The normalized spacial score (nSPS) is 19.5. The van der Waals surface area contributed by atoms with Crippen LogP contribution in [-0.2, 0) is 6.54 Å². The van der Waals surface area contributed by atoms with Gasteiger partial charge < -0.3 is 10.1 Å². The fraction of sp³-hybridized carbons (Fsp3) is 0.467. The summed E-state index contributed by atoms with van der Waals surface area (Å²) in [6.07, 6.45) is 1.76. The second-order valence-electron chi connectivity index (χ2n) is 4.83. The number of ether oxygens (including phenoxy) is 1. The fourth-order valence-corrected chi connectivity index (χ4v) is 2.26. The monoisotopic (exact) mass is 282 g/mol. The molecule has 1 unspecified atom stereocenters. The number of rotatable bonds is 5. The molecule has 0 spiro atoms. The molecule has 0 aliphatic carbocycles. The fourth-order valence-electron chi connectivity index (χ4n) is 2.26. The van der Waals surface area contributed by atoms with Crippen molar-refractivity contribution in [1.29, 1.82) is 0 Å². The first kappa shape index (κ1) is 16.0. The largest absolute Gasteiger partial charge is 0.490 e. The lowest BCUT2D eigenvalue weighted by atomic mass is 10.1. The van der Waals surface area contributed by atoms with E-state index in [0.29, 0.717) is 12.6 Å². The van der Waals surface area contributed by atoms with E-state index in [1.54, 1.807) is 6.08 Å². The summed E-state index contributed by atoms with van der Waals surface area (Å²) in [4.78, 5) is 2.49. The summed E-state index contributed by atoms with van der Waals surface area (Å²) < 4.78 is 5.48. The van der Waals surface area contributed by atoms with Gasteiger partial charge in [0.15, 0.2) is 0 Å². The molecule has 1 fully saturated rings. The van der Waals surface area contributed by atoms with Crippen molar-refractivity contribution in [3.63, 3.8) is 0 Å². The molecule has 2 rings (SSSR count). The Morgan fingerprint density at radius 1 is 1.42 bits per heavy atom. The van der Waals surface area contributed by atoms with E-state index >= 15 is 0 Å². The Morgan fingerprint density at radius 3 is 2.79 bits per heavy atom. The third kappa shape index (κ3) is 5.23. The first-order chi connectivity index (χ1) is 8.78. The molecule has 0 bridgehead atoms. The van der Waals surface area contributed by atoms with Gasteiger partial charge >= 0.3 is 0 Å². The lowest BCUT2D eigenvalue weighted by Gasteiger charge is -2.31. The molecule has 3 nitrogen and oxygen atoms in total. The number of piperazine rings is 1. The molecular formula is C15H23ClN2O. The van der Waals surface area contributed by atoms with Gasteiger partial charge in [-0.2, -0.15) is 0 Å². The molecule has 19 heavy (non-hydrogen) atoms. The lowest BCUT2D eigenvalue weighted by molar-refractivity contribution is 0.199. The summed E-state index contributed by atoms with van der Waals surface area (Å²) in [6.45, 7) is 10.8. The molecular weight excluding hydrogens is 260 g/mol. The highest BCUT2D eigenvalue weighted by molar-refractivity contribution is 5.85. The summed E-state index contributed by atoms with van der Waals surface area (Å²) in [6, 6.07) is 8.94. The van der Waals surface area contributed by atoms with Crippen LogP contribution in [0.2, 0.25) is 0 Å². The Labute approximate surface area is 122 Å². The molecule has 106 valence electrons. The predicted octanol–water partition coefficient (Wildman–Crippen LogP) is 2.47. The van der Waals surface area contributed by atoms with Crippen LogP contribution in [0.25, 0.3) is 0 Å². The van der Waals surface area contributed by atoms with Crippen molar-refractivity contribution in [3.05, 3.63) is 42.5 Å². The SMILES string of the molecule is C=CCOc1ccc(CN2CCNC(C)C2)cc1.Cl. The van der Waals surface area contributed by atoms with Gasteiger partial charge in [-0.15, -0.1) is 12.4 Å². The minimum Gasteiger partial charge on any atom is -0.490 e. The summed E-state index contributed by atoms with van der Waals surface area (Å²) in [5.41, 5.74) is 1.34. The van der Waals surface area contributed by atoms with Crippen LogP contribution in [0, 0.1) is 0 Å². The van der Waals surface area contributed by atoms with E-state index in [1.807, 2.05) is 12.1 Å². The van der Waals surface area contributed by atoms with Gasteiger partial charge in [0.05, 0.1) is 0 Å². The maximum atomic E-state index is 5.48. The van der Waals surface area contributed by atoms with E-state index in [9.17, 15) is 0 Å². The number of hydrogen-bond acceptors (Lipinski definition) is 3. The third-order valence-electron chi connectivity index (χ3n) is 3.15. The van der Waals surface area contributed by atoms with Crippen LogP contribution in [0.4, 0.5) is 0 Å². The molecule has 0 radical (unpaired) electrons. The van der Waals surface area contributed by atoms with E-state index in [2.05, 4.69) is 35.9 Å². The number of nitrogens with one attached hydrogen (secondary N) is 1. The maximum Gasteiger partial charge on any atom is 0.119 e. The van der Waals surface area contributed by atoms with E-state index in [1.165, 1.54) is 5.56 Å². The highest BCUT2D eigenvalue weighted by Crippen LogP contribution is 2.14. The second kappa shape index (κ2) is 8.20. The van der Waals surface area contributed by atoms with Crippen molar-refractivity contribution in [1.82, 2.24) is 10.2 Å². The van der Waals surface area contributed by atoms with Gasteiger partial charge in [-0.3, -0.25) is 4.90 Å². The van der Waals surface area contributed by atoms with Crippen LogP contribution in [0.3, 0.4) is 0 Å². The molecule has 1 heterocycles. The smallest absolute Gasteiger partial charge is 0.119 e. The van der Waals surface area contributed by atoms with Crippen LogP contribution >= 0.6 is 12.4 Å². The Kier molecular flexibility index (Phi) is 6.92. The standard InChI is InChI=1S/C15H22N2O.ClH/c1-3-10-18-15-6-4-14(5-7-15)12-17-9-8-16-13(2)11-17;/h3-7,13,16H,1,8-12H2,2H3;1H. The Morgan fingerprint density at radius 2 is 2.16 bits per heavy atom. The predicted molar refractivity (Wildman–Crippen MR) is 82.1 cm³/mol. The van der Waals surface area contributed by atoms with Gasteiger partial charge in [-0.25, -0.2) is 0 Å². The van der Waals surface area contributed by atoms with Crippen molar-refractivity contribution in [2.24, 2.45) is 0 Å². The first-order valence-corrected chi connectivity index (χ1v) is 6.56. The Hall–Kier alpha value is -1.03. The van der Waals surface area contributed by atoms with Gasteiger partial charge in [0.1, 0.15) is 12.4 Å². The minimum absolute atomic E-state index is 0. The van der Waals surface area contributed by atoms with Gasteiger partial charge in [-0.1, -0.05) is 24.8 Å². The van der Waals surface area contributed by atoms with E-state index in [4.69, 9.17) is 4.74 Å². The van der Waals surface area contributed by atoms with Gasteiger partial charge in [-0.05, 0) is 24.6 Å². The van der Waals surface area contributed by atoms with E-state index in [0.717, 1.165) is 31.9 Å². The molecule has 1 atom stereocenters. The van der Waals surface area contributed by atoms with Crippen LogP contribution in [-0.4, -0.2) is 37.2 Å². The summed E-state index contributed by atoms with van der Waals surface area (Å²) in [7, 11) is 0. The molecule has 1 aromatic rings. The molecule has 0 amide bonds. The van der Waals surface area contributed by atoms with Crippen molar-refractivity contribution >= 4 is 12.4 Å². The Balaban J connectivity index is 0.00000180. The minimum atomic E-state index is 0. The first-order valence-electron chi connectivity index (χ1n) is 6.56. The second-order valence-corrected chi connectivity index (χ2v) is 4.83. The van der Waals surface area contributed by atoms with Crippen LogP contribution in [0.1, 0.15) is 12.5 Å². The molecule has 1 N–H and O–H groups in total. The maximum absolute atomic E-state index is 5.48. The Bertz CT molecular complexity index is 380. The zero-order chi connectivity index (χ0) is 12.8. The van der Waals surface area contributed by atoms with Crippen molar-refractivity contribution in [3.8, 4) is 5.75 Å². The van der Waals surface area contributed by atoms with Crippen molar-refractivity contribution in [2.75, 3.05) is 26.2 Å². The van der Waals surface area contributed by atoms with E-state index in [-0.39, 0.29) is 12.4 Å². The van der Waals surface area contributed by atoms with Crippen LogP contribution < -0.4 is 10.1 Å². The van der Waals surface area contributed by atoms with Crippen LogP contribution in [0.5, 0.6) is 5.75 Å².